The average Bonchev–Trinajstić information content (AvgIpc) is 3.39. The first-order chi connectivity index (χ1) is 17.6. The number of hydrogen-bond donors (Lipinski definition) is 1. The summed E-state index contributed by atoms with van der Waals surface area (Å²) < 4.78 is 43.1. The van der Waals surface area contributed by atoms with Crippen LogP contribution in [0.15, 0.2) is 60.0 Å². The van der Waals surface area contributed by atoms with Crippen molar-refractivity contribution >= 4 is 22.5 Å². The zero-order chi connectivity index (χ0) is 26.5. The molecule has 0 radical (unpaired) electrons. The Morgan fingerprint density at radius 3 is 2.62 bits per heavy atom. The Balaban J connectivity index is 1.59. The molecule has 190 valence electrons. The van der Waals surface area contributed by atoms with Crippen LogP contribution in [0.25, 0.3) is 33.5 Å². The number of aryl methyl sites for hydroxylation is 2. The number of aromatic nitrogens is 6. The predicted octanol–water partition coefficient (Wildman–Crippen LogP) is 3.58. The van der Waals surface area contributed by atoms with E-state index < -0.39 is 30.4 Å². The number of pyridine rings is 1. The first-order valence-corrected chi connectivity index (χ1v) is 11.4. The van der Waals surface area contributed by atoms with Crippen LogP contribution in [0.3, 0.4) is 0 Å². The fourth-order valence-electron chi connectivity index (χ4n) is 4.32. The summed E-state index contributed by atoms with van der Waals surface area (Å²) in [5, 5.41) is 6.22. The minimum atomic E-state index is -4.59. The van der Waals surface area contributed by atoms with E-state index in [0.29, 0.717) is 22.4 Å². The van der Waals surface area contributed by atoms with Gasteiger partial charge in [-0.3, -0.25) is 23.9 Å². The Bertz CT molecular complexity index is 1720. The van der Waals surface area contributed by atoms with Gasteiger partial charge in [-0.1, -0.05) is 12.1 Å². The highest BCUT2D eigenvalue weighted by molar-refractivity contribution is 5.85. The van der Waals surface area contributed by atoms with Crippen LogP contribution >= 0.6 is 0 Å². The third kappa shape index (κ3) is 4.24. The van der Waals surface area contributed by atoms with Crippen LogP contribution < -0.4 is 11.0 Å². The number of carbonyl (C=O) groups is 1. The van der Waals surface area contributed by atoms with E-state index in [1.54, 1.807) is 47.6 Å². The highest BCUT2D eigenvalue weighted by atomic mass is 19.4. The lowest BCUT2D eigenvalue weighted by molar-refractivity contribution is -0.158. The average molecular weight is 509 g/mol. The molecule has 5 rings (SSSR count). The van der Waals surface area contributed by atoms with Crippen molar-refractivity contribution in [2.75, 3.05) is 0 Å². The van der Waals surface area contributed by atoms with Crippen molar-refractivity contribution in [2.24, 2.45) is 0 Å². The molecule has 37 heavy (non-hydrogen) atoms. The molecule has 0 bridgehead atoms. The van der Waals surface area contributed by atoms with E-state index in [9.17, 15) is 22.8 Å². The fraction of sp³-hybridized carbons (Fsp3) is 0.240. The summed E-state index contributed by atoms with van der Waals surface area (Å²) >= 11 is 0. The number of imidazole rings is 1. The van der Waals surface area contributed by atoms with Gasteiger partial charge >= 0.3 is 11.9 Å². The maximum atomic E-state index is 13.6. The number of fused-ring (bicyclic) bond motifs is 2. The normalized spacial score (nSPS) is 12.8. The lowest BCUT2D eigenvalue weighted by Crippen LogP contribution is -2.45. The van der Waals surface area contributed by atoms with E-state index in [2.05, 4.69) is 15.1 Å². The monoisotopic (exact) mass is 509 g/mol. The second kappa shape index (κ2) is 8.87. The summed E-state index contributed by atoms with van der Waals surface area (Å²) in [6, 6.07) is 4.98. The molecule has 0 saturated heterocycles. The number of rotatable bonds is 5. The van der Waals surface area contributed by atoms with E-state index in [-0.39, 0.29) is 0 Å². The van der Waals surface area contributed by atoms with Crippen LogP contribution in [0, 0.1) is 13.8 Å². The Hall–Kier alpha value is -4.48. The fourth-order valence-corrected chi connectivity index (χ4v) is 4.32. The van der Waals surface area contributed by atoms with E-state index in [1.165, 1.54) is 9.13 Å². The van der Waals surface area contributed by atoms with Crippen molar-refractivity contribution in [2.45, 2.75) is 39.5 Å². The number of halogens is 3. The number of carbonyl (C=O) groups excluding carboxylic acids is 1. The number of alkyl halides is 3. The summed E-state index contributed by atoms with van der Waals surface area (Å²) in [5.74, 6) is -0.917. The van der Waals surface area contributed by atoms with Gasteiger partial charge in [0, 0.05) is 18.0 Å². The SMILES string of the molecule is Cc1cc(-c2cnn3ccncc23)ncc1-n1c(=O)n(CC(=O)N[C@@H](C)C(F)(F)F)c2cccc(C)c21. The largest absolute Gasteiger partial charge is 0.408 e. The molecule has 12 heteroatoms. The predicted molar refractivity (Wildman–Crippen MR) is 130 cm³/mol. The molecule has 1 atom stereocenters. The van der Waals surface area contributed by atoms with Crippen LogP contribution in [0.1, 0.15) is 18.1 Å². The summed E-state index contributed by atoms with van der Waals surface area (Å²) in [4.78, 5) is 34.7. The van der Waals surface area contributed by atoms with Gasteiger partial charge in [0.2, 0.25) is 5.91 Å². The summed E-state index contributed by atoms with van der Waals surface area (Å²) in [5.41, 5.74) is 4.57. The topological polar surface area (TPSA) is 99.1 Å². The van der Waals surface area contributed by atoms with Crippen molar-refractivity contribution in [3.05, 3.63) is 76.9 Å². The Morgan fingerprint density at radius 1 is 1.11 bits per heavy atom. The molecule has 4 aromatic heterocycles. The highest BCUT2D eigenvalue weighted by Crippen LogP contribution is 2.27. The smallest absolute Gasteiger partial charge is 0.343 e. The van der Waals surface area contributed by atoms with Gasteiger partial charge in [0.25, 0.3) is 0 Å². The summed E-state index contributed by atoms with van der Waals surface area (Å²) in [6.45, 7) is 3.94. The van der Waals surface area contributed by atoms with Gasteiger partial charge in [-0.25, -0.2) is 9.31 Å². The highest BCUT2D eigenvalue weighted by Gasteiger charge is 2.37. The lowest BCUT2D eigenvalue weighted by Gasteiger charge is -2.17. The number of para-hydroxylation sites is 1. The van der Waals surface area contributed by atoms with E-state index in [1.807, 2.05) is 31.3 Å². The van der Waals surface area contributed by atoms with Crippen molar-refractivity contribution in [1.82, 2.24) is 34.0 Å². The van der Waals surface area contributed by atoms with Crippen molar-refractivity contribution in [3.63, 3.8) is 0 Å². The Morgan fingerprint density at radius 2 is 1.89 bits per heavy atom. The molecule has 0 spiro atoms. The van der Waals surface area contributed by atoms with Crippen LogP contribution in [-0.4, -0.2) is 46.8 Å². The van der Waals surface area contributed by atoms with Crippen molar-refractivity contribution in [3.8, 4) is 16.9 Å². The third-order valence-corrected chi connectivity index (χ3v) is 6.25. The van der Waals surface area contributed by atoms with Gasteiger partial charge in [-0.15, -0.1) is 0 Å². The molecule has 0 fully saturated rings. The maximum absolute atomic E-state index is 13.6. The molecule has 1 N–H and O–H groups in total. The molecule has 0 unspecified atom stereocenters. The van der Waals surface area contributed by atoms with Gasteiger partial charge in [-0.05, 0) is 44.0 Å². The standard InChI is InChI=1S/C25H22F3N7O2/c1-14-5-4-6-19-23(14)35(24(37)33(19)13-22(36)32-16(3)25(26,27)28)20-12-30-18(9-15(20)2)17-10-31-34-8-7-29-11-21(17)34/h4-12,16H,13H2,1-3H3,(H,32,36)/t16-/m0/s1. The maximum Gasteiger partial charge on any atom is 0.408 e. The molecule has 5 aromatic rings. The van der Waals surface area contributed by atoms with E-state index in [0.717, 1.165) is 29.1 Å². The zero-order valence-electron chi connectivity index (χ0n) is 20.1. The number of nitrogens with zero attached hydrogens (tertiary/aromatic N) is 6. The van der Waals surface area contributed by atoms with Crippen LogP contribution in [0.2, 0.25) is 0 Å². The van der Waals surface area contributed by atoms with E-state index in [4.69, 9.17) is 0 Å². The molecule has 0 aliphatic rings. The van der Waals surface area contributed by atoms with Gasteiger partial charge in [0.15, 0.2) is 0 Å². The number of hydrogen-bond acceptors (Lipinski definition) is 5. The molecule has 0 aliphatic carbocycles. The van der Waals surface area contributed by atoms with Crippen LogP contribution in [0.4, 0.5) is 13.2 Å². The van der Waals surface area contributed by atoms with Crippen molar-refractivity contribution in [1.29, 1.82) is 0 Å². The summed E-state index contributed by atoms with van der Waals surface area (Å²) in [7, 11) is 0. The van der Waals surface area contributed by atoms with Gasteiger partial charge < -0.3 is 5.32 Å². The van der Waals surface area contributed by atoms with E-state index >= 15 is 0 Å². The van der Waals surface area contributed by atoms with Gasteiger partial charge in [-0.2, -0.15) is 18.3 Å². The lowest BCUT2D eigenvalue weighted by atomic mass is 10.1. The first kappa shape index (κ1) is 24.2. The minimum absolute atomic E-state index is 0.428. The Labute approximate surface area is 208 Å². The second-order valence-electron chi connectivity index (χ2n) is 8.80. The molecular formula is C25H22F3N7O2. The quantitative estimate of drug-likeness (QED) is 0.391. The number of amides is 1. The van der Waals surface area contributed by atoms with Crippen LogP contribution in [0.5, 0.6) is 0 Å². The van der Waals surface area contributed by atoms with Crippen molar-refractivity contribution < 1.29 is 18.0 Å². The van der Waals surface area contributed by atoms with Gasteiger partial charge in [0.05, 0.1) is 46.5 Å². The molecule has 9 nitrogen and oxygen atoms in total. The molecular weight excluding hydrogens is 487 g/mol. The molecule has 4 heterocycles. The summed E-state index contributed by atoms with van der Waals surface area (Å²) in [6.07, 6.45) is 3.68. The van der Waals surface area contributed by atoms with Crippen LogP contribution in [-0.2, 0) is 11.3 Å². The Kier molecular flexibility index (Phi) is 5.81. The second-order valence-corrected chi connectivity index (χ2v) is 8.80. The molecule has 0 saturated carbocycles. The molecule has 1 aromatic carbocycles. The first-order valence-electron chi connectivity index (χ1n) is 11.4. The third-order valence-electron chi connectivity index (χ3n) is 6.25. The number of benzene rings is 1. The molecule has 0 aliphatic heterocycles. The minimum Gasteiger partial charge on any atom is -0.343 e. The van der Waals surface area contributed by atoms with Gasteiger partial charge in [0.1, 0.15) is 12.6 Å². The molecule has 1 amide bonds. The number of nitrogens with one attached hydrogen (secondary N) is 1. The zero-order valence-corrected chi connectivity index (χ0v) is 20.1.